The van der Waals surface area contributed by atoms with E-state index in [0.717, 1.165) is 22.3 Å². The Balaban J connectivity index is 1.39. The number of methoxy groups -OCH3 is 2. The van der Waals surface area contributed by atoms with Gasteiger partial charge >= 0.3 is 12.1 Å². The van der Waals surface area contributed by atoms with Gasteiger partial charge in [0.15, 0.2) is 0 Å². The van der Waals surface area contributed by atoms with Crippen molar-refractivity contribution >= 4 is 18.0 Å². The molecular weight excluding hydrogens is 478 g/mol. The molecular formula is C28H26NO8-. The normalized spacial score (nSPS) is 12.6. The van der Waals surface area contributed by atoms with Gasteiger partial charge in [-0.3, -0.25) is 0 Å². The summed E-state index contributed by atoms with van der Waals surface area (Å²) in [5.41, 5.74) is 4.72. The Morgan fingerprint density at radius 2 is 1.54 bits per heavy atom. The average molecular weight is 505 g/mol. The predicted octanol–water partition coefficient (Wildman–Crippen LogP) is 2.79. The lowest BCUT2D eigenvalue weighted by Crippen LogP contribution is -2.45. The molecule has 0 aliphatic heterocycles. The number of carbonyl (C=O) groups excluding carboxylic acids is 3. The van der Waals surface area contributed by atoms with Crippen LogP contribution in [0.5, 0.6) is 11.5 Å². The van der Waals surface area contributed by atoms with E-state index in [0.29, 0.717) is 17.1 Å². The number of alkyl carbamates (subject to hydrolysis) is 1. The first-order valence-corrected chi connectivity index (χ1v) is 11.6. The molecule has 0 saturated heterocycles. The Bertz CT molecular complexity index is 1260. The van der Waals surface area contributed by atoms with Crippen LogP contribution in [-0.2, 0) is 25.7 Å². The van der Waals surface area contributed by atoms with E-state index in [9.17, 15) is 19.5 Å². The van der Waals surface area contributed by atoms with Gasteiger partial charge in [0, 0.05) is 29.9 Å². The smallest absolute Gasteiger partial charge is 0.407 e. The van der Waals surface area contributed by atoms with Crippen LogP contribution in [0.3, 0.4) is 0 Å². The summed E-state index contributed by atoms with van der Waals surface area (Å²) in [6.07, 6.45) is -1.71. The number of aliphatic carboxylic acids is 1. The maximum absolute atomic E-state index is 12.6. The van der Waals surface area contributed by atoms with E-state index < -0.39 is 30.5 Å². The molecule has 0 fully saturated rings. The summed E-state index contributed by atoms with van der Waals surface area (Å²) < 4.78 is 21.1. The quantitative estimate of drug-likeness (QED) is 0.418. The van der Waals surface area contributed by atoms with Gasteiger partial charge in [-0.15, -0.1) is 0 Å². The Hall–Kier alpha value is -4.53. The predicted molar refractivity (Wildman–Crippen MR) is 131 cm³/mol. The van der Waals surface area contributed by atoms with Crippen LogP contribution in [0, 0.1) is 0 Å². The first-order valence-electron chi connectivity index (χ1n) is 11.6. The SMILES string of the molecule is COc1ccc(COC(=O)[C@@H](CC(=O)[O-])NC(=O)OCC2c3ccccc3-c3ccccc32)c(OC)c1. The molecule has 9 heteroatoms. The molecule has 0 unspecified atom stereocenters. The van der Waals surface area contributed by atoms with Crippen LogP contribution in [0.15, 0.2) is 66.7 Å². The van der Waals surface area contributed by atoms with Gasteiger partial charge in [0.1, 0.15) is 30.8 Å². The lowest BCUT2D eigenvalue weighted by atomic mass is 9.98. The van der Waals surface area contributed by atoms with Gasteiger partial charge in [-0.1, -0.05) is 48.5 Å². The molecule has 0 radical (unpaired) electrons. The fourth-order valence-electron chi connectivity index (χ4n) is 4.36. The average Bonchev–Trinajstić information content (AvgIpc) is 3.23. The Labute approximate surface area is 213 Å². The van der Waals surface area contributed by atoms with E-state index in [2.05, 4.69) is 5.32 Å². The number of carboxylic acids is 1. The topological polar surface area (TPSA) is 123 Å². The van der Waals surface area contributed by atoms with Crippen LogP contribution in [0.25, 0.3) is 11.1 Å². The monoisotopic (exact) mass is 504 g/mol. The molecule has 9 nitrogen and oxygen atoms in total. The van der Waals surface area contributed by atoms with Gasteiger partial charge in [-0.05, 0) is 34.4 Å². The summed E-state index contributed by atoms with van der Waals surface area (Å²) in [6.45, 7) is -0.197. The molecule has 192 valence electrons. The minimum Gasteiger partial charge on any atom is -0.550 e. The number of rotatable bonds is 10. The zero-order valence-corrected chi connectivity index (χ0v) is 20.4. The number of carbonyl (C=O) groups is 3. The Morgan fingerprint density at radius 3 is 2.14 bits per heavy atom. The maximum atomic E-state index is 12.6. The van der Waals surface area contributed by atoms with Crippen molar-refractivity contribution in [2.45, 2.75) is 25.0 Å². The number of amides is 1. The van der Waals surface area contributed by atoms with Crippen LogP contribution in [0.1, 0.15) is 29.0 Å². The van der Waals surface area contributed by atoms with E-state index >= 15 is 0 Å². The zero-order chi connectivity index (χ0) is 26.4. The number of hydrogen-bond donors (Lipinski definition) is 1. The number of hydrogen-bond acceptors (Lipinski definition) is 8. The fraction of sp³-hybridized carbons (Fsp3) is 0.250. The van der Waals surface area contributed by atoms with E-state index in [1.807, 2.05) is 48.5 Å². The number of nitrogens with one attached hydrogen (secondary N) is 1. The number of ether oxygens (including phenoxy) is 4. The third-order valence-corrected chi connectivity index (χ3v) is 6.16. The van der Waals surface area contributed by atoms with E-state index in [4.69, 9.17) is 18.9 Å². The van der Waals surface area contributed by atoms with Crippen LogP contribution >= 0.6 is 0 Å². The molecule has 1 atom stereocenters. The lowest BCUT2D eigenvalue weighted by Gasteiger charge is -2.20. The fourth-order valence-corrected chi connectivity index (χ4v) is 4.36. The highest BCUT2D eigenvalue weighted by Crippen LogP contribution is 2.44. The van der Waals surface area contributed by atoms with Crippen molar-refractivity contribution in [3.8, 4) is 22.6 Å². The highest BCUT2D eigenvalue weighted by Gasteiger charge is 2.30. The minimum atomic E-state index is -1.53. The molecule has 1 N–H and O–H groups in total. The van der Waals surface area contributed by atoms with Crippen molar-refractivity contribution < 1.29 is 38.4 Å². The number of carboxylic acid groups (broad SMARTS) is 1. The molecule has 1 amide bonds. The third-order valence-electron chi connectivity index (χ3n) is 6.16. The second-order valence-corrected chi connectivity index (χ2v) is 8.38. The second kappa shape index (κ2) is 11.5. The van der Waals surface area contributed by atoms with Gasteiger partial charge in [0.25, 0.3) is 0 Å². The van der Waals surface area contributed by atoms with Gasteiger partial charge in [-0.2, -0.15) is 0 Å². The second-order valence-electron chi connectivity index (χ2n) is 8.38. The molecule has 0 heterocycles. The van der Waals surface area contributed by atoms with Gasteiger partial charge in [0.05, 0.1) is 14.2 Å². The van der Waals surface area contributed by atoms with E-state index in [1.165, 1.54) is 14.2 Å². The number of fused-ring (bicyclic) bond motifs is 3. The van der Waals surface area contributed by atoms with Crippen molar-refractivity contribution in [2.75, 3.05) is 20.8 Å². The van der Waals surface area contributed by atoms with Crippen molar-refractivity contribution in [2.24, 2.45) is 0 Å². The highest BCUT2D eigenvalue weighted by molar-refractivity contribution is 5.85. The molecule has 37 heavy (non-hydrogen) atoms. The molecule has 0 aromatic heterocycles. The van der Waals surface area contributed by atoms with E-state index in [-0.39, 0.29) is 19.1 Å². The molecule has 0 spiro atoms. The van der Waals surface area contributed by atoms with Crippen molar-refractivity contribution in [3.05, 3.63) is 83.4 Å². The summed E-state index contributed by atoms with van der Waals surface area (Å²) >= 11 is 0. The van der Waals surface area contributed by atoms with Crippen LogP contribution in [0.2, 0.25) is 0 Å². The molecule has 1 aliphatic rings. The first kappa shape index (κ1) is 25.6. The zero-order valence-electron chi connectivity index (χ0n) is 20.4. The molecule has 0 bridgehead atoms. The van der Waals surface area contributed by atoms with Gasteiger partial charge < -0.3 is 34.2 Å². The lowest BCUT2D eigenvalue weighted by molar-refractivity contribution is -0.306. The summed E-state index contributed by atoms with van der Waals surface area (Å²) in [4.78, 5) is 36.5. The highest BCUT2D eigenvalue weighted by atomic mass is 16.6. The number of esters is 1. The number of benzene rings is 3. The van der Waals surface area contributed by atoms with E-state index in [1.54, 1.807) is 18.2 Å². The molecule has 3 aromatic rings. The summed E-state index contributed by atoms with van der Waals surface area (Å²) in [5, 5.41) is 13.5. The molecule has 3 aromatic carbocycles. The summed E-state index contributed by atoms with van der Waals surface area (Å²) in [6, 6.07) is 19.2. The first-order chi connectivity index (χ1) is 17.9. The third kappa shape index (κ3) is 5.83. The van der Waals surface area contributed by atoms with Crippen molar-refractivity contribution in [1.82, 2.24) is 5.32 Å². The Morgan fingerprint density at radius 1 is 0.892 bits per heavy atom. The van der Waals surface area contributed by atoms with Crippen LogP contribution < -0.4 is 19.9 Å². The standard InChI is InChI=1S/C28H27NO8/c1-34-18-12-11-17(25(13-18)35-2)15-36-27(32)24(14-26(30)31)29-28(33)37-16-23-21-9-5-3-7-19(21)20-8-4-6-10-22(20)23/h3-13,23-24H,14-16H2,1-2H3,(H,29,33)(H,30,31)/p-1/t24-/m1/s1. The van der Waals surface area contributed by atoms with Crippen molar-refractivity contribution in [1.29, 1.82) is 0 Å². The molecule has 0 saturated carbocycles. The Kier molecular flexibility index (Phi) is 7.92. The summed E-state index contributed by atoms with van der Waals surface area (Å²) in [5.74, 6) is -1.68. The molecule has 1 aliphatic carbocycles. The van der Waals surface area contributed by atoms with Gasteiger partial charge in [-0.25, -0.2) is 9.59 Å². The largest absolute Gasteiger partial charge is 0.550 e. The molecule has 4 rings (SSSR count). The summed E-state index contributed by atoms with van der Waals surface area (Å²) in [7, 11) is 2.96. The van der Waals surface area contributed by atoms with Gasteiger partial charge in [0.2, 0.25) is 0 Å². The minimum absolute atomic E-state index is 0.00992. The maximum Gasteiger partial charge on any atom is 0.407 e. The van der Waals surface area contributed by atoms with Crippen LogP contribution in [-0.4, -0.2) is 44.9 Å². The van der Waals surface area contributed by atoms with Crippen LogP contribution in [0.4, 0.5) is 4.79 Å². The van der Waals surface area contributed by atoms with Crippen molar-refractivity contribution in [3.63, 3.8) is 0 Å².